The molecular formula is C13H11FN2. The summed E-state index contributed by atoms with van der Waals surface area (Å²) in [5, 5.41) is 0. The van der Waals surface area contributed by atoms with E-state index in [-0.39, 0.29) is 5.82 Å². The van der Waals surface area contributed by atoms with Gasteiger partial charge in [0.05, 0.1) is 0 Å². The molecule has 0 saturated heterocycles. The number of benzene rings is 1. The van der Waals surface area contributed by atoms with Crippen LogP contribution in [-0.2, 0) is 6.42 Å². The van der Waals surface area contributed by atoms with E-state index >= 15 is 0 Å². The lowest BCUT2D eigenvalue weighted by Gasteiger charge is -2.17. The van der Waals surface area contributed by atoms with Gasteiger partial charge in [-0.3, -0.25) is 0 Å². The van der Waals surface area contributed by atoms with E-state index in [0.29, 0.717) is 0 Å². The Labute approximate surface area is 93.4 Å². The van der Waals surface area contributed by atoms with Crippen molar-refractivity contribution in [3.63, 3.8) is 0 Å². The Kier molecular flexibility index (Phi) is 2.10. The maximum atomic E-state index is 13.2. The molecule has 0 bridgehead atoms. The van der Waals surface area contributed by atoms with Crippen molar-refractivity contribution >= 4 is 11.5 Å². The Bertz CT molecular complexity index is 511. The number of aromatic nitrogens is 1. The van der Waals surface area contributed by atoms with Gasteiger partial charge in [0.25, 0.3) is 0 Å². The molecule has 2 aromatic rings. The summed E-state index contributed by atoms with van der Waals surface area (Å²) in [5.74, 6) is 0.688. The van der Waals surface area contributed by atoms with E-state index in [0.717, 1.165) is 24.5 Å². The maximum absolute atomic E-state index is 13.2. The molecule has 0 spiro atoms. The Morgan fingerprint density at radius 2 is 2.12 bits per heavy atom. The van der Waals surface area contributed by atoms with Gasteiger partial charge >= 0.3 is 0 Å². The average Bonchev–Trinajstić information content (AvgIpc) is 2.73. The minimum atomic E-state index is -0.193. The predicted octanol–water partition coefficient (Wildman–Crippen LogP) is 2.91. The number of fused-ring (bicyclic) bond motifs is 1. The molecule has 1 aliphatic rings. The standard InChI is InChI=1S/C13H11FN2/c14-11-5-4-10-6-8-16(12(10)9-11)13-3-1-2-7-15-13/h1-5,7,9H,6,8H2. The Morgan fingerprint density at radius 3 is 2.94 bits per heavy atom. The van der Waals surface area contributed by atoms with E-state index in [9.17, 15) is 4.39 Å². The third kappa shape index (κ3) is 1.45. The lowest BCUT2D eigenvalue weighted by atomic mass is 10.2. The van der Waals surface area contributed by atoms with Crippen LogP contribution in [0.15, 0.2) is 42.6 Å². The summed E-state index contributed by atoms with van der Waals surface area (Å²) >= 11 is 0. The van der Waals surface area contributed by atoms with E-state index in [1.807, 2.05) is 24.3 Å². The molecule has 0 fully saturated rings. The highest BCUT2D eigenvalue weighted by molar-refractivity contribution is 5.67. The first kappa shape index (κ1) is 9.33. The summed E-state index contributed by atoms with van der Waals surface area (Å²) in [7, 11) is 0. The van der Waals surface area contributed by atoms with Crippen LogP contribution >= 0.6 is 0 Å². The highest BCUT2D eigenvalue weighted by Crippen LogP contribution is 2.33. The zero-order valence-electron chi connectivity index (χ0n) is 8.73. The van der Waals surface area contributed by atoms with Gasteiger partial charge in [-0.1, -0.05) is 12.1 Å². The van der Waals surface area contributed by atoms with Crippen LogP contribution in [0, 0.1) is 5.82 Å². The van der Waals surface area contributed by atoms with Gasteiger partial charge < -0.3 is 4.90 Å². The minimum Gasteiger partial charge on any atom is -0.326 e. The number of pyridine rings is 1. The van der Waals surface area contributed by atoms with Crippen molar-refractivity contribution in [1.82, 2.24) is 4.98 Å². The molecule has 16 heavy (non-hydrogen) atoms. The predicted molar refractivity (Wildman–Crippen MR) is 61.3 cm³/mol. The monoisotopic (exact) mass is 214 g/mol. The topological polar surface area (TPSA) is 16.1 Å². The summed E-state index contributed by atoms with van der Waals surface area (Å²) in [5.41, 5.74) is 2.13. The fourth-order valence-corrected chi connectivity index (χ4v) is 2.10. The Morgan fingerprint density at radius 1 is 1.19 bits per heavy atom. The van der Waals surface area contributed by atoms with Crippen molar-refractivity contribution in [2.45, 2.75) is 6.42 Å². The number of nitrogens with zero attached hydrogens (tertiary/aromatic N) is 2. The lowest BCUT2D eigenvalue weighted by molar-refractivity contribution is 0.628. The van der Waals surface area contributed by atoms with Crippen molar-refractivity contribution in [3.8, 4) is 0 Å². The minimum absolute atomic E-state index is 0.193. The SMILES string of the molecule is Fc1ccc2c(c1)N(c1ccccn1)CC2. The van der Waals surface area contributed by atoms with Crippen molar-refractivity contribution in [2.75, 3.05) is 11.4 Å². The van der Waals surface area contributed by atoms with E-state index in [4.69, 9.17) is 0 Å². The molecule has 0 atom stereocenters. The summed E-state index contributed by atoms with van der Waals surface area (Å²) in [4.78, 5) is 6.35. The fraction of sp³-hybridized carbons (Fsp3) is 0.154. The zero-order valence-corrected chi connectivity index (χ0v) is 8.73. The molecule has 0 N–H and O–H groups in total. The largest absolute Gasteiger partial charge is 0.326 e. The van der Waals surface area contributed by atoms with Gasteiger partial charge in [0.15, 0.2) is 0 Å². The van der Waals surface area contributed by atoms with Crippen LogP contribution in [0.2, 0.25) is 0 Å². The van der Waals surface area contributed by atoms with Crippen LogP contribution in [0.1, 0.15) is 5.56 Å². The molecule has 0 saturated carbocycles. The van der Waals surface area contributed by atoms with Crippen molar-refractivity contribution < 1.29 is 4.39 Å². The van der Waals surface area contributed by atoms with Crippen LogP contribution in [0.25, 0.3) is 0 Å². The molecule has 0 radical (unpaired) electrons. The van der Waals surface area contributed by atoms with Gasteiger partial charge in [0, 0.05) is 18.4 Å². The molecule has 1 aromatic carbocycles. The summed E-state index contributed by atoms with van der Waals surface area (Å²) in [6.07, 6.45) is 2.71. The maximum Gasteiger partial charge on any atom is 0.132 e. The quantitative estimate of drug-likeness (QED) is 0.725. The molecule has 1 aromatic heterocycles. The normalized spacial score (nSPS) is 13.9. The Balaban J connectivity index is 2.06. The van der Waals surface area contributed by atoms with Crippen LogP contribution in [0.5, 0.6) is 0 Å². The van der Waals surface area contributed by atoms with E-state index < -0.39 is 0 Å². The Hall–Kier alpha value is -1.90. The number of halogens is 1. The molecule has 1 aliphatic heterocycles. The van der Waals surface area contributed by atoms with Gasteiger partial charge in [-0.25, -0.2) is 9.37 Å². The second-order valence-electron chi connectivity index (χ2n) is 3.86. The third-order valence-corrected chi connectivity index (χ3v) is 2.87. The van der Waals surface area contributed by atoms with Crippen LogP contribution in [0.4, 0.5) is 15.9 Å². The molecule has 0 unspecified atom stereocenters. The van der Waals surface area contributed by atoms with Crippen molar-refractivity contribution in [1.29, 1.82) is 0 Å². The molecule has 0 amide bonds. The van der Waals surface area contributed by atoms with Crippen molar-refractivity contribution in [3.05, 3.63) is 54.0 Å². The van der Waals surface area contributed by atoms with E-state index in [1.54, 1.807) is 12.3 Å². The van der Waals surface area contributed by atoms with Gasteiger partial charge in [-0.2, -0.15) is 0 Å². The first-order valence-corrected chi connectivity index (χ1v) is 5.31. The van der Waals surface area contributed by atoms with Gasteiger partial charge in [0.1, 0.15) is 11.6 Å². The highest BCUT2D eigenvalue weighted by atomic mass is 19.1. The van der Waals surface area contributed by atoms with Crippen LogP contribution < -0.4 is 4.90 Å². The summed E-state index contributed by atoms with van der Waals surface area (Å²) in [6.45, 7) is 0.871. The molecule has 3 heteroatoms. The second kappa shape index (κ2) is 3.59. The number of hydrogen-bond acceptors (Lipinski definition) is 2. The number of hydrogen-bond donors (Lipinski definition) is 0. The van der Waals surface area contributed by atoms with Crippen LogP contribution in [-0.4, -0.2) is 11.5 Å². The fourth-order valence-electron chi connectivity index (χ4n) is 2.10. The molecule has 3 rings (SSSR count). The molecule has 2 heterocycles. The number of rotatable bonds is 1. The van der Waals surface area contributed by atoms with Crippen molar-refractivity contribution in [2.24, 2.45) is 0 Å². The first-order chi connectivity index (χ1) is 7.84. The van der Waals surface area contributed by atoms with Crippen LogP contribution in [0.3, 0.4) is 0 Å². The third-order valence-electron chi connectivity index (χ3n) is 2.87. The average molecular weight is 214 g/mol. The smallest absolute Gasteiger partial charge is 0.132 e. The summed E-state index contributed by atoms with van der Waals surface area (Å²) < 4.78 is 13.2. The highest BCUT2D eigenvalue weighted by Gasteiger charge is 2.21. The van der Waals surface area contributed by atoms with E-state index in [1.165, 1.54) is 11.6 Å². The molecule has 2 nitrogen and oxygen atoms in total. The van der Waals surface area contributed by atoms with Gasteiger partial charge in [-0.15, -0.1) is 0 Å². The lowest BCUT2D eigenvalue weighted by Crippen LogP contribution is -2.14. The summed E-state index contributed by atoms with van der Waals surface area (Å²) in [6, 6.07) is 10.7. The zero-order chi connectivity index (χ0) is 11.0. The van der Waals surface area contributed by atoms with Gasteiger partial charge in [-0.05, 0) is 36.2 Å². The van der Waals surface area contributed by atoms with E-state index in [2.05, 4.69) is 9.88 Å². The number of anilines is 2. The van der Waals surface area contributed by atoms with Gasteiger partial charge in [0.2, 0.25) is 0 Å². The first-order valence-electron chi connectivity index (χ1n) is 5.31. The molecule has 80 valence electrons. The molecular weight excluding hydrogens is 203 g/mol. The molecule has 0 aliphatic carbocycles. The second-order valence-corrected chi connectivity index (χ2v) is 3.86.